The predicted octanol–water partition coefficient (Wildman–Crippen LogP) is 2.59. The molecule has 0 radical (unpaired) electrons. The van der Waals surface area contributed by atoms with Gasteiger partial charge in [-0.2, -0.15) is 5.10 Å². The average molecular weight is 225 g/mol. The SMILES string of the molecule is CCCC(=O)NN=Cc1ccc(Cl)cc1. The van der Waals surface area contributed by atoms with Crippen molar-refractivity contribution >= 4 is 23.7 Å². The molecule has 4 heteroatoms. The quantitative estimate of drug-likeness (QED) is 0.620. The van der Waals surface area contributed by atoms with E-state index in [0.29, 0.717) is 11.4 Å². The number of hydrogen-bond acceptors (Lipinski definition) is 2. The first kappa shape index (κ1) is 11.7. The number of nitrogens with one attached hydrogen (secondary N) is 1. The maximum absolute atomic E-state index is 11.0. The molecule has 0 aliphatic carbocycles. The van der Waals surface area contributed by atoms with Crippen LogP contribution in [0.4, 0.5) is 0 Å². The second kappa shape index (κ2) is 6.19. The fraction of sp³-hybridized carbons (Fsp3) is 0.273. The smallest absolute Gasteiger partial charge is 0.240 e. The molecule has 1 aromatic carbocycles. The van der Waals surface area contributed by atoms with Crippen molar-refractivity contribution in [2.75, 3.05) is 0 Å². The third kappa shape index (κ3) is 4.61. The van der Waals surface area contributed by atoms with Gasteiger partial charge in [0.2, 0.25) is 5.91 Å². The fourth-order valence-electron chi connectivity index (χ4n) is 1.01. The van der Waals surface area contributed by atoms with Crippen LogP contribution < -0.4 is 5.43 Å². The Morgan fingerprint density at radius 3 is 2.73 bits per heavy atom. The van der Waals surface area contributed by atoms with Crippen LogP contribution in [0.3, 0.4) is 0 Å². The summed E-state index contributed by atoms with van der Waals surface area (Å²) < 4.78 is 0. The number of rotatable bonds is 4. The predicted molar refractivity (Wildman–Crippen MR) is 62.1 cm³/mol. The summed E-state index contributed by atoms with van der Waals surface area (Å²) in [6.07, 6.45) is 2.91. The molecule has 0 atom stereocenters. The fourth-order valence-corrected chi connectivity index (χ4v) is 1.14. The number of carbonyl (C=O) groups excluding carboxylic acids is 1. The van der Waals surface area contributed by atoms with Crippen LogP contribution in [0, 0.1) is 0 Å². The molecule has 0 aliphatic heterocycles. The van der Waals surface area contributed by atoms with E-state index in [-0.39, 0.29) is 5.91 Å². The number of benzene rings is 1. The lowest BCUT2D eigenvalue weighted by molar-refractivity contribution is -0.121. The van der Waals surface area contributed by atoms with E-state index in [0.717, 1.165) is 12.0 Å². The minimum absolute atomic E-state index is 0.0669. The van der Waals surface area contributed by atoms with Gasteiger partial charge in [0.05, 0.1) is 6.21 Å². The Bertz CT molecular complexity index is 346. The Labute approximate surface area is 94.1 Å². The first-order valence-corrected chi connectivity index (χ1v) is 5.17. The summed E-state index contributed by atoms with van der Waals surface area (Å²) in [7, 11) is 0. The summed E-state index contributed by atoms with van der Waals surface area (Å²) >= 11 is 5.72. The molecule has 1 amide bonds. The van der Waals surface area contributed by atoms with Crippen LogP contribution in [0.25, 0.3) is 0 Å². The van der Waals surface area contributed by atoms with E-state index in [1.54, 1.807) is 18.3 Å². The lowest BCUT2D eigenvalue weighted by Gasteiger charge is -1.96. The Hall–Kier alpha value is -1.35. The van der Waals surface area contributed by atoms with Crippen LogP contribution in [-0.2, 0) is 4.79 Å². The number of nitrogens with zero attached hydrogens (tertiary/aromatic N) is 1. The Balaban J connectivity index is 2.44. The molecule has 15 heavy (non-hydrogen) atoms. The molecule has 0 aliphatic rings. The molecular weight excluding hydrogens is 212 g/mol. The highest BCUT2D eigenvalue weighted by molar-refractivity contribution is 6.30. The highest BCUT2D eigenvalue weighted by Crippen LogP contribution is 2.07. The van der Waals surface area contributed by atoms with Gasteiger partial charge in [0.15, 0.2) is 0 Å². The lowest BCUT2D eigenvalue weighted by atomic mass is 10.2. The molecule has 80 valence electrons. The molecule has 0 bridgehead atoms. The van der Waals surface area contributed by atoms with E-state index >= 15 is 0 Å². The summed E-state index contributed by atoms with van der Waals surface area (Å²) in [5.41, 5.74) is 3.34. The summed E-state index contributed by atoms with van der Waals surface area (Å²) in [4.78, 5) is 11.0. The summed E-state index contributed by atoms with van der Waals surface area (Å²) in [6, 6.07) is 7.21. The van der Waals surface area contributed by atoms with Gasteiger partial charge in [-0.25, -0.2) is 5.43 Å². The molecule has 0 saturated carbocycles. The lowest BCUT2D eigenvalue weighted by Crippen LogP contribution is -2.16. The minimum atomic E-state index is -0.0669. The molecule has 0 unspecified atom stereocenters. The Morgan fingerprint density at radius 1 is 1.47 bits per heavy atom. The molecule has 3 nitrogen and oxygen atoms in total. The molecule has 0 spiro atoms. The van der Waals surface area contributed by atoms with Crippen molar-refractivity contribution in [2.45, 2.75) is 19.8 Å². The van der Waals surface area contributed by atoms with Crippen LogP contribution in [0.5, 0.6) is 0 Å². The molecule has 1 N–H and O–H groups in total. The van der Waals surface area contributed by atoms with Gasteiger partial charge in [-0.05, 0) is 24.1 Å². The van der Waals surface area contributed by atoms with Crippen molar-refractivity contribution in [3.63, 3.8) is 0 Å². The zero-order chi connectivity index (χ0) is 11.1. The van der Waals surface area contributed by atoms with E-state index < -0.39 is 0 Å². The van der Waals surface area contributed by atoms with Crippen LogP contribution in [0.1, 0.15) is 25.3 Å². The van der Waals surface area contributed by atoms with Gasteiger partial charge in [-0.1, -0.05) is 30.7 Å². The Kier molecular flexibility index (Phi) is 4.84. The molecule has 1 aromatic rings. The van der Waals surface area contributed by atoms with Crippen LogP contribution in [0.2, 0.25) is 5.02 Å². The topological polar surface area (TPSA) is 41.5 Å². The zero-order valence-electron chi connectivity index (χ0n) is 8.53. The summed E-state index contributed by atoms with van der Waals surface area (Å²) in [5, 5.41) is 4.50. The maximum atomic E-state index is 11.0. The number of carbonyl (C=O) groups is 1. The van der Waals surface area contributed by atoms with Crippen molar-refractivity contribution in [1.82, 2.24) is 5.43 Å². The van der Waals surface area contributed by atoms with Crippen LogP contribution >= 0.6 is 11.6 Å². The average Bonchev–Trinajstić information content (AvgIpc) is 2.21. The molecule has 1 rings (SSSR count). The third-order valence-corrected chi connectivity index (χ3v) is 2.00. The highest BCUT2D eigenvalue weighted by Gasteiger charge is 1.94. The summed E-state index contributed by atoms with van der Waals surface area (Å²) in [6.45, 7) is 1.95. The molecular formula is C11H13ClN2O. The van der Waals surface area contributed by atoms with Crippen molar-refractivity contribution in [1.29, 1.82) is 0 Å². The number of halogens is 1. The summed E-state index contributed by atoms with van der Waals surface area (Å²) in [5.74, 6) is -0.0669. The van der Waals surface area contributed by atoms with Crippen molar-refractivity contribution < 1.29 is 4.79 Å². The monoisotopic (exact) mass is 224 g/mol. The van der Waals surface area contributed by atoms with Gasteiger partial charge in [-0.3, -0.25) is 4.79 Å². The van der Waals surface area contributed by atoms with Crippen molar-refractivity contribution in [3.05, 3.63) is 34.9 Å². The molecule has 0 fully saturated rings. The standard InChI is InChI=1S/C11H13ClN2O/c1-2-3-11(15)14-13-8-9-4-6-10(12)7-5-9/h4-8H,2-3H2,1H3,(H,14,15). The van der Waals surface area contributed by atoms with E-state index in [9.17, 15) is 4.79 Å². The van der Waals surface area contributed by atoms with Crippen LogP contribution in [0.15, 0.2) is 29.4 Å². The van der Waals surface area contributed by atoms with E-state index in [1.165, 1.54) is 0 Å². The molecule has 0 saturated heterocycles. The maximum Gasteiger partial charge on any atom is 0.240 e. The number of amides is 1. The second-order valence-corrected chi connectivity index (χ2v) is 3.53. The first-order valence-electron chi connectivity index (χ1n) is 4.80. The highest BCUT2D eigenvalue weighted by atomic mass is 35.5. The van der Waals surface area contributed by atoms with Gasteiger partial charge >= 0.3 is 0 Å². The number of hydrazone groups is 1. The zero-order valence-corrected chi connectivity index (χ0v) is 9.29. The van der Waals surface area contributed by atoms with Gasteiger partial charge in [0.25, 0.3) is 0 Å². The van der Waals surface area contributed by atoms with E-state index in [1.807, 2.05) is 19.1 Å². The second-order valence-electron chi connectivity index (χ2n) is 3.09. The van der Waals surface area contributed by atoms with Crippen molar-refractivity contribution in [3.8, 4) is 0 Å². The number of hydrogen-bond donors (Lipinski definition) is 1. The first-order chi connectivity index (χ1) is 7.22. The minimum Gasteiger partial charge on any atom is -0.273 e. The largest absolute Gasteiger partial charge is 0.273 e. The Morgan fingerprint density at radius 2 is 2.13 bits per heavy atom. The van der Waals surface area contributed by atoms with E-state index in [2.05, 4.69) is 10.5 Å². The van der Waals surface area contributed by atoms with Gasteiger partial charge in [0.1, 0.15) is 0 Å². The third-order valence-electron chi connectivity index (χ3n) is 1.75. The van der Waals surface area contributed by atoms with Gasteiger partial charge in [-0.15, -0.1) is 0 Å². The normalized spacial score (nSPS) is 10.5. The van der Waals surface area contributed by atoms with Crippen molar-refractivity contribution in [2.24, 2.45) is 5.10 Å². The molecule has 0 heterocycles. The van der Waals surface area contributed by atoms with Gasteiger partial charge < -0.3 is 0 Å². The van der Waals surface area contributed by atoms with Crippen LogP contribution in [-0.4, -0.2) is 12.1 Å². The van der Waals surface area contributed by atoms with Gasteiger partial charge in [0, 0.05) is 11.4 Å². The molecule has 0 aromatic heterocycles. The van der Waals surface area contributed by atoms with E-state index in [4.69, 9.17) is 11.6 Å².